The Morgan fingerprint density at radius 3 is 2.71 bits per heavy atom. The number of nitrogens with zero attached hydrogens (tertiary/aromatic N) is 3. The molecule has 2 atom stereocenters. The Morgan fingerprint density at radius 2 is 2.24 bits per heavy atom. The van der Waals surface area contributed by atoms with Gasteiger partial charge in [-0.1, -0.05) is 12.1 Å². The van der Waals surface area contributed by atoms with Crippen molar-refractivity contribution in [3.05, 3.63) is 11.9 Å². The molecule has 0 radical (unpaired) electrons. The molecule has 1 aromatic rings. The van der Waals surface area contributed by atoms with Crippen LogP contribution in [0.4, 0.5) is 0 Å². The van der Waals surface area contributed by atoms with Gasteiger partial charge >= 0.3 is 5.97 Å². The summed E-state index contributed by atoms with van der Waals surface area (Å²) >= 11 is 0. The van der Waals surface area contributed by atoms with Crippen molar-refractivity contribution < 1.29 is 14.7 Å². The van der Waals surface area contributed by atoms with Crippen molar-refractivity contribution in [1.29, 1.82) is 0 Å². The van der Waals surface area contributed by atoms with Crippen LogP contribution < -0.4 is 11.5 Å². The zero-order valence-corrected chi connectivity index (χ0v) is 9.41. The molecule has 0 saturated heterocycles. The predicted octanol–water partition coefficient (Wildman–Crippen LogP) is -1.33. The maximum atomic E-state index is 11.1. The van der Waals surface area contributed by atoms with Gasteiger partial charge in [0.05, 0.1) is 5.69 Å². The van der Waals surface area contributed by atoms with Crippen LogP contribution in [0.5, 0.6) is 0 Å². The minimum Gasteiger partial charge on any atom is -0.480 e. The molecular formula is C9H15N5O3. The lowest BCUT2D eigenvalue weighted by Gasteiger charge is -2.09. The Kier molecular flexibility index (Phi) is 4.16. The molecule has 8 nitrogen and oxygen atoms in total. The Bertz CT molecular complexity index is 417. The molecule has 2 unspecified atom stereocenters. The van der Waals surface area contributed by atoms with Crippen LogP contribution in [0.2, 0.25) is 0 Å². The van der Waals surface area contributed by atoms with Gasteiger partial charge in [0.1, 0.15) is 12.1 Å². The number of hydrogen-bond acceptors (Lipinski definition) is 5. The number of primary amides is 1. The van der Waals surface area contributed by atoms with Gasteiger partial charge in [-0.2, -0.15) is 0 Å². The fourth-order valence-electron chi connectivity index (χ4n) is 1.39. The second-order valence-electron chi connectivity index (χ2n) is 3.67. The van der Waals surface area contributed by atoms with Crippen molar-refractivity contribution in [2.45, 2.75) is 31.8 Å². The number of amides is 1. The monoisotopic (exact) mass is 241 g/mol. The lowest BCUT2D eigenvalue weighted by atomic mass is 10.2. The third-order valence-electron chi connectivity index (χ3n) is 2.34. The first-order valence-electron chi connectivity index (χ1n) is 5.14. The first-order valence-corrected chi connectivity index (χ1v) is 5.14. The van der Waals surface area contributed by atoms with E-state index >= 15 is 0 Å². The largest absolute Gasteiger partial charge is 0.480 e. The maximum absolute atomic E-state index is 11.1. The van der Waals surface area contributed by atoms with E-state index in [0.717, 1.165) is 0 Å². The van der Waals surface area contributed by atoms with Crippen LogP contribution in [0.1, 0.15) is 25.1 Å². The number of carbonyl (C=O) groups is 2. The summed E-state index contributed by atoms with van der Waals surface area (Å²) in [6.07, 6.45) is 2.04. The lowest BCUT2D eigenvalue weighted by Crippen LogP contribution is -2.32. The molecule has 0 aliphatic rings. The average Bonchev–Trinajstić information content (AvgIpc) is 2.66. The van der Waals surface area contributed by atoms with Crippen LogP contribution in [0.15, 0.2) is 6.20 Å². The topological polar surface area (TPSA) is 137 Å². The molecule has 0 aromatic carbocycles. The van der Waals surface area contributed by atoms with Gasteiger partial charge in [-0.3, -0.25) is 9.59 Å². The van der Waals surface area contributed by atoms with E-state index in [1.807, 2.05) is 0 Å². The number of rotatable bonds is 6. The summed E-state index contributed by atoms with van der Waals surface area (Å²) in [5.74, 6) is -1.62. The molecule has 1 amide bonds. The van der Waals surface area contributed by atoms with Gasteiger partial charge in [-0.05, 0) is 6.42 Å². The normalized spacial score (nSPS) is 14.2. The summed E-state index contributed by atoms with van der Waals surface area (Å²) in [5, 5.41) is 16.1. The SMILES string of the molecule is CCC(C(N)=O)n1cc(CC(N)C(=O)O)nn1. The predicted molar refractivity (Wildman–Crippen MR) is 57.9 cm³/mol. The van der Waals surface area contributed by atoms with Gasteiger partial charge in [-0.15, -0.1) is 5.10 Å². The van der Waals surface area contributed by atoms with E-state index in [1.54, 1.807) is 6.92 Å². The molecule has 94 valence electrons. The highest BCUT2D eigenvalue weighted by molar-refractivity contribution is 5.78. The smallest absolute Gasteiger partial charge is 0.320 e. The summed E-state index contributed by atoms with van der Waals surface area (Å²) < 4.78 is 1.33. The van der Waals surface area contributed by atoms with Crippen molar-refractivity contribution in [2.75, 3.05) is 0 Å². The van der Waals surface area contributed by atoms with Gasteiger partial charge in [0.15, 0.2) is 0 Å². The van der Waals surface area contributed by atoms with Crippen molar-refractivity contribution >= 4 is 11.9 Å². The minimum atomic E-state index is -1.11. The summed E-state index contributed by atoms with van der Waals surface area (Å²) in [6, 6.07) is -1.61. The number of aromatic nitrogens is 3. The number of aliphatic carboxylic acids is 1. The Hall–Kier alpha value is -1.96. The highest BCUT2D eigenvalue weighted by Crippen LogP contribution is 2.09. The van der Waals surface area contributed by atoms with Crippen molar-refractivity contribution in [3.63, 3.8) is 0 Å². The highest BCUT2D eigenvalue weighted by Gasteiger charge is 2.19. The first-order chi connectivity index (χ1) is 7.95. The van der Waals surface area contributed by atoms with Crippen LogP contribution in [-0.4, -0.2) is 38.0 Å². The third kappa shape index (κ3) is 3.25. The average molecular weight is 241 g/mol. The number of carboxylic acid groups (broad SMARTS) is 1. The maximum Gasteiger partial charge on any atom is 0.320 e. The molecule has 8 heteroatoms. The van der Waals surface area contributed by atoms with E-state index in [0.29, 0.717) is 12.1 Å². The summed E-state index contributed by atoms with van der Waals surface area (Å²) in [7, 11) is 0. The Labute approximate surface area is 97.6 Å². The van der Waals surface area contributed by atoms with Crippen LogP contribution in [-0.2, 0) is 16.0 Å². The number of hydrogen-bond donors (Lipinski definition) is 3. The fourth-order valence-corrected chi connectivity index (χ4v) is 1.39. The Balaban J connectivity index is 2.77. The molecule has 0 saturated carbocycles. The molecule has 0 aliphatic carbocycles. The third-order valence-corrected chi connectivity index (χ3v) is 2.34. The van der Waals surface area contributed by atoms with Crippen molar-refractivity contribution in [3.8, 4) is 0 Å². The molecule has 1 aromatic heterocycles. The standard InChI is InChI=1S/C9H15N5O3/c1-2-7(8(11)15)14-4-5(12-13-14)3-6(10)9(16)17/h4,6-7H,2-3,10H2,1H3,(H2,11,15)(H,16,17). The molecule has 17 heavy (non-hydrogen) atoms. The van der Waals surface area contributed by atoms with Gasteiger partial charge in [0, 0.05) is 12.6 Å². The van der Waals surface area contributed by atoms with E-state index in [1.165, 1.54) is 10.9 Å². The zero-order chi connectivity index (χ0) is 13.0. The molecule has 5 N–H and O–H groups in total. The quantitative estimate of drug-likeness (QED) is 0.564. The number of carboxylic acids is 1. The highest BCUT2D eigenvalue weighted by atomic mass is 16.4. The van der Waals surface area contributed by atoms with E-state index in [4.69, 9.17) is 16.6 Å². The Morgan fingerprint density at radius 1 is 1.59 bits per heavy atom. The summed E-state index contributed by atoms with van der Waals surface area (Å²) in [4.78, 5) is 21.6. The summed E-state index contributed by atoms with van der Waals surface area (Å²) in [5.41, 5.74) is 11.0. The van der Waals surface area contributed by atoms with Crippen LogP contribution in [0.3, 0.4) is 0 Å². The molecular weight excluding hydrogens is 226 g/mol. The number of carbonyl (C=O) groups excluding carboxylic acids is 1. The van der Waals surface area contributed by atoms with Gasteiger partial charge in [0.2, 0.25) is 5.91 Å². The molecule has 0 aliphatic heterocycles. The molecule has 0 spiro atoms. The zero-order valence-electron chi connectivity index (χ0n) is 9.41. The van der Waals surface area contributed by atoms with Crippen molar-refractivity contribution in [1.82, 2.24) is 15.0 Å². The second kappa shape index (κ2) is 5.39. The summed E-state index contributed by atoms with van der Waals surface area (Å²) in [6.45, 7) is 1.79. The van der Waals surface area contributed by atoms with Crippen molar-refractivity contribution in [2.24, 2.45) is 11.5 Å². The lowest BCUT2D eigenvalue weighted by molar-refractivity contribution is -0.138. The minimum absolute atomic E-state index is 0.0600. The molecule has 0 bridgehead atoms. The van der Waals surface area contributed by atoms with Crippen LogP contribution >= 0.6 is 0 Å². The van der Waals surface area contributed by atoms with E-state index in [9.17, 15) is 9.59 Å². The van der Waals surface area contributed by atoms with Gasteiger partial charge < -0.3 is 16.6 Å². The molecule has 1 rings (SSSR count). The van der Waals surface area contributed by atoms with E-state index in [2.05, 4.69) is 10.3 Å². The first kappa shape index (κ1) is 13.1. The number of nitrogens with two attached hydrogens (primary N) is 2. The molecule has 0 fully saturated rings. The molecule has 1 heterocycles. The van der Waals surface area contributed by atoms with E-state index in [-0.39, 0.29) is 6.42 Å². The van der Waals surface area contributed by atoms with Gasteiger partial charge in [-0.25, -0.2) is 4.68 Å². The van der Waals surface area contributed by atoms with Crippen LogP contribution in [0, 0.1) is 0 Å². The second-order valence-corrected chi connectivity index (χ2v) is 3.67. The van der Waals surface area contributed by atoms with Crippen LogP contribution in [0.25, 0.3) is 0 Å². The van der Waals surface area contributed by atoms with E-state index < -0.39 is 24.0 Å². The van der Waals surface area contributed by atoms with Gasteiger partial charge in [0.25, 0.3) is 0 Å². The fraction of sp³-hybridized carbons (Fsp3) is 0.556.